The van der Waals surface area contributed by atoms with Gasteiger partial charge in [-0.15, -0.1) is 6.58 Å². The molecule has 0 fully saturated rings. The van der Waals surface area contributed by atoms with E-state index in [1.807, 2.05) is 43.3 Å². The van der Waals surface area contributed by atoms with E-state index in [9.17, 15) is 13.2 Å². The molecule has 3 aromatic rings. The Hall–Kier alpha value is -3.38. The number of anilines is 2. The third-order valence-electron chi connectivity index (χ3n) is 4.64. The molecule has 0 saturated carbocycles. The van der Waals surface area contributed by atoms with Crippen LogP contribution in [0.5, 0.6) is 0 Å². The number of sulfonamides is 1. The fourth-order valence-electron chi connectivity index (χ4n) is 3.18. The van der Waals surface area contributed by atoms with Crippen LogP contribution in [0.2, 0.25) is 0 Å². The highest BCUT2D eigenvalue weighted by Gasteiger charge is 2.25. The molecule has 154 valence electrons. The highest BCUT2D eigenvalue weighted by molar-refractivity contribution is 7.92. The Balaban J connectivity index is 1.99. The van der Waals surface area contributed by atoms with Crippen LogP contribution >= 0.6 is 0 Å². The quantitative estimate of drug-likeness (QED) is 0.495. The molecule has 0 radical (unpaired) electrons. The van der Waals surface area contributed by atoms with E-state index < -0.39 is 10.0 Å². The fraction of sp³-hybridized carbons (Fsp3) is 0.125. The largest absolute Gasteiger partial charge is 0.309 e. The molecule has 0 aliphatic carbocycles. The van der Waals surface area contributed by atoms with E-state index in [0.29, 0.717) is 17.8 Å². The van der Waals surface area contributed by atoms with Gasteiger partial charge in [-0.25, -0.2) is 8.42 Å². The third-order valence-corrected chi connectivity index (χ3v) is 6.43. The van der Waals surface area contributed by atoms with Crippen LogP contribution in [0, 0.1) is 0 Å². The lowest BCUT2D eigenvalue weighted by molar-refractivity contribution is 0.0988. The summed E-state index contributed by atoms with van der Waals surface area (Å²) in [5, 5.41) is 0. The van der Waals surface area contributed by atoms with Gasteiger partial charge in [-0.05, 0) is 49.4 Å². The summed E-state index contributed by atoms with van der Waals surface area (Å²) in [6, 6.07) is 24.3. The Bertz CT molecular complexity index is 1110. The average Bonchev–Trinajstić information content (AvgIpc) is 2.79. The van der Waals surface area contributed by atoms with Crippen molar-refractivity contribution in [1.29, 1.82) is 0 Å². The third kappa shape index (κ3) is 4.44. The van der Waals surface area contributed by atoms with Crippen molar-refractivity contribution in [3.8, 4) is 0 Å². The molecule has 0 N–H and O–H groups in total. The van der Waals surface area contributed by atoms with E-state index in [1.54, 1.807) is 41.3 Å². The van der Waals surface area contributed by atoms with E-state index in [0.717, 1.165) is 5.69 Å². The molecule has 0 aliphatic heterocycles. The van der Waals surface area contributed by atoms with Crippen molar-refractivity contribution >= 4 is 27.3 Å². The van der Waals surface area contributed by atoms with Crippen LogP contribution in [0.4, 0.5) is 11.4 Å². The Morgan fingerprint density at radius 1 is 0.900 bits per heavy atom. The molecule has 6 heteroatoms. The average molecular weight is 421 g/mol. The topological polar surface area (TPSA) is 57.7 Å². The zero-order valence-electron chi connectivity index (χ0n) is 16.8. The number of hydrogen-bond acceptors (Lipinski definition) is 3. The van der Waals surface area contributed by atoms with E-state index in [1.165, 1.54) is 22.5 Å². The summed E-state index contributed by atoms with van der Waals surface area (Å²) < 4.78 is 28.0. The number of benzene rings is 3. The maximum absolute atomic E-state index is 13.4. The number of para-hydroxylation sites is 2. The lowest BCUT2D eigenvalue weighted by Gasteiger charge is -2.24. The molecule has 0 unspecified atom stereocenters. The number of nitrogens with zero attached hydrogens (tertiary/aromatic N) is 2. The van der Waals surface area contributed by atoms with Gasteiger partial charge in [0.15, 0.2) is 0 Å². The predicted molar refractivity (Wildman–Crippen MR) is 121 cm³/mol. The molecule has 0 spiro atoms. The molecule has 0 bridgehead atoms. The number of hydrogen-bond donors (Lipinski definition) is 0. The van der Waals surface area contributed by atoms with Gasteiger partial charge in [-0.1, -0.05) is 48.5 Å². The van der Waals surface area contributed by atoms with Gasteiger partial charge in [0.05, 0.1) is 17.1 Å². The SMILES string of the molecule is C=CCN(c1ccccc1)S(=O)(=O)c1cccc(C(=O)N(CC)c2ccccc2)c1. The van der Waals surface area contributed by atoms with Crippen LogP contribution in [0.3, 0.4) is 0 Å². The van der Waals surface area contributed by atoms with Crippen LogP contribution in [-0.4, -0.2) is 27.4 Å². The van der Waals surface area contributed by atoms with Gasteiger partial charge >= 0.3 is 0 Å². The Morgan fingerprint density at radius 2 is 1.50 bits per heavy atom. The molecule has 3 aromatic carbocycles. The second-order valence-electron chi connectivity index (χ2n) is 6.57. The van der Waals surface area contributed by atoms with E-state index >= 15 is 0 Å². The molecular weight excluding hydrogens is 396 g/mol. The highest BCUT2D eigenvalue weighted by Crippen LogP contribution is 2.25. The monoisotopic (exact) mass is 420 g/mol. The van der Waals surface area contributed by atoms with Crippen molar-refractivity contribution in [1.82, 2.24) is 0 Å². The first kappa shape index (κ1) is 21.3. The minimum atomic E-state index is -3.88. The van der Waals surface area contributed by atoms with Crippen LogP contribution < -0.4 is 9.21 Å². The van der Waals surface area contributed by atoms with Gasteiger partial charge in [0, 0.05) is 17.8 Å². The van der Waals surface area contributed by atoms with Crippen molar-refractivity contribution in [3.05, 3.63) is 103 Å². The van der Waals surface area contributed by atoms with Gasteiger partial charge < -0.3 is 4.90 Å². The van der Waals surface area contributed by atoms with Gasteiger partial charge in [-0.3, -0.25) is 9.10 Å². The summed E-state index contributed by atoms with van der Waals surface area (Å²) in [5.74, 6) is -0.254. The molecule has 1 amide bonds. The lowest BCUT2D eigenvalue weighted by atomic mass is 10.2. The summed E-state index contributed by atoms with van der Waals surface area (Å²) in [5.41, 5.74) is 1.61. The van der Waals surface area contributed by atoms with E-state index in [4.69, 9.17) is 0 Å². The maximum Gasteiger partial charge on any atom is 0.264 e. The number of carbonyl (C=O) groups excluding carboxylic acids is 1. The standard InChI is InChI=1S/C24H24N2O3S/c1-3-18-26(22-15-9-6-10-16-22)30(28,29)23-17-11-12-20(19-23)24(27)25(4-2)21-13-7-5-8-14-21/h3,5-17,19H,1,4,18H2,2H3. The van der Waals surface area contributed by atoms with Crippen molar-refractivity contribution in [2.45, 2.75) is 11.8 Å². The second kappa shape index (κ2) is 9.41. The molecule has 0 aliphatic rings. The molecule has 0 atom stereocenters. The first-order valence-corrected chi connectivity index (χ1v) is 11.1. The summed E-state index contributed by atoms with van der Waals surface area (Å²) >= 11 is 0. The maximum atomic E-state index is 13.4. The summed E-state index contributed by atoms with van der Waals surface area (Å²) in [6.45, 7) is 6.15. The minimum absolute atomic E-state index is 0.0585. The van der Waals surface area contributed by atoms with E-state index in [-0.39, 0.29) is 17.3 Å². The van der Waals surface area contributed by atoms with Crippen molar-refractivity contribution in [3.63, 3.8) is 0 Å². The molecule has 0 saturated heterocycles. The number of carbonyl (C=O) groups is 1. The highest BCUT2D eigenvalue weighted by atomic mass is 32.2. The second-order valence-corrected chi connectivity index (χ2v) is 8.44. The molecule has 3 rings (SSSR count). The predicted octanol–water partition coefficient (Wildman–Crippen LogP) is 4.73. The molecular formula is C24H24N2O3S. The minimum Gasteiger partial charge on any atom is -0.309 e. The van der Waals surface area contributed by atoms with Crippen LogP contribution in [0.25, 0.3) is 0 Å². The number of rotatable bonds is 8. The van der Waals surface area contributed by atoms with E-state index in [2.05, 4.69) is 6.58 Å². The smallest absolute Gasteiger partial charge is 0.264 e. The number of amides is 1. The summed E-state index contributed by atoms with van der Waals surface area (Å²) in [6.07, 6.45) is 1.54. The Kier molecular flexibility index (Phi) is 6.69. The first-order chi connectivity index (χ1) is 14.5. The van der Waals surface area contributed by atoms with Crippen molar-refractivity contribution < 1.29 is 13.2 Å². The normalized spacial score (nSPS) is 11.0. The summed E-state index contributed by atoms with van der Waals surface area (Å²) in [4.78, 5) is 14.8. The Labute approximate surface area is 177 Å². The lowest BCUT2D eigenvalue weighted by Crippen LogP contribution is -2.32. The molecule has 0 heterocycles. The summed E-state index contributed by atoms with van der Waals surface area (Å²) in [7, 11) is -3.88. The van der Waals surface area contributed by atoms with Crippen LogP contribution in [0.1, 0.15) is 17.3 Å². The zero-order valence-corrected chi connectivity index (χ0v) is 17.6. The van der Waals surface area contributed by atoms with Crippen LogP contribution in [-0.2, 0) is 10.0 Å². The molecule has 30 heavy (non-hydrogen) atoms. The van der Waals surface area contributed by atoms with Gasteiger partial charge in [0.1, 0.15) is 0 Å². The molecule has 5 nitrogen and oxygen atoms in total. The fourth-order valence-corrected chi connectivity index (χ4v) is 4.66. The Morgan fingerprint density at radius 3 is 2.07 bits per heavy atom. The van der Waals surface area contributed by atoms with Gasteiger partial charge in [-0.2, -0.15) is 0 Å². The van der Waals surface area contributed by atoms with Crippen molar-refractivity contribution in [2.75, 3.05) is 22.3 Å². The zero-order chi connectivity index (χ0) is 21.6. The molecule has 0 aromatic heterocycles. The van der Waals surface area contributed by atoms with Crippen molar-refractivity contribution in [2.24, 2.45) is 0 Å². The van der Waals surface area contributed by atoms with Crippen LogP contribution in [0.15, 0.2) is 102 Å². The van der Waals surface area contributed by atoms with Gasteiger partial charge in [0.25, 0.3) is 15.9 Å². The van der Waals surface area contributed by atoms with Gasteiger partial charge in [0.2, 0.25) is 0 Å². The first-order valence-electron chi connectivity index (χ1n) is 9.64.